The number of hydrogen-bond donors (Lipinski definition) is 2. The molecule has 0 bridgehead atoms. The van der Waals surface area contributed by atoms with Gasteiger partial charge in [0.1, 0.15) is 0 Å². The fraction of sp³-hybridized carbons (Fsp3) is 0.200. The summed E-state index contributed by atoms with van der Waals surface area (Å²) in [6.07, 6.45) is 6.59. The molecule has 0 fully saturated rings. The lowest BCUT2D eigenvalue weighted by Gasteiger charge is -1.98. The topological polar surface area (TPSA) is 61.8 Å². The number of rotatable bonds is 3. The van der Waals surface area contributed by atoms with Crippen LogP contribution in [0.2, 0.25) is 0 Å². The van der Waals surface area contributed by atoms with Crippen molar-refractivity contribution in [3.63, 3.8) is 0 Å². The van der Waals surface area contributed by atoms with Crippen LogP contribution < -0.4 is 0 Å². The van der Waals surface area contributed by atoms with Crippen molar-refractivity contribution >= 4 is 0 Å². The lowest BCUT2D eigenvalue weighted by atomic mass is 10.1. The molecule has 0 spiro atoms. The zero-order valence-electron chi connectivity index (χ0n) is 7.64. The van der Waals surface area contributed by atoms with Gasteiger partial charge in [-0.15, -0.1) is 0 Å². The van der Waals surface area contributed by atoms with Crippen molar-refractivity contribution in [3.8, 4) is 5.75 Å². The minimum Gasteiger partial charge on any atom is -0.504 e. The molecule has 2 rings (SSSR count). The Labute approximate surface area is 81.6 Å². The van der Waals surface area contributed by atoms with Gasteiger partial charge in [-0.3, -0.25) is 10.1 Å². The maximum Gasteiger partial charge on any atom is 0.156 e. The molecule has 0 amide bonds. The number of aryl methyl sites for hydroxylation is 2. The number of H-pyrrole nitrogens is 1. The van der Waals surface area contributed by atoms with E-state index < -0.39 is 0 Å². The second-order valence-electron chi connectivity index (χ2n) is 3.10. The summed E-state index contributed by atoms with van der Waals surface area (Å²) in [5, 5.41) is 15.8. The largest absolute Gasteiger partial charge is 0.504 e. The molecule has 14 heavy (non-hydrogen) atoms. The molecule has 2 aromatic rings. The van der Waals surface area contributed by atoms with Gasteiger partial charge < -0.3 is 5.11 Å². The first-order chi connectivity index (χ1) is 6.86. The van der Waals surface area contributed by atoms with Crippen LogP contribution in [-0.2, 0) is 12.8 Å². The van der Waals surface area contributed by atoms with E-state index in [2.05, 4.69) is 15.2 Å². The van der Waals surface area contributed by atoms with Crippen LogP contribution in [0.15, 0.2) is 30.7 Å². The second kappa shape index (κ2) is 3.91. The molecule has 0 unspecified atom stereocenters. The third kappa shape index (κ3) is 1.90. The number of aromatic hydroxyl groups is 1. The number of nitrogens with one attached hydrogen (secondary N) is 1. The van der Waals surface area contributed by atoms with E-state index in [0.717, 1.165) is 24.1 Å². The molecule has 0 aliphatic rings. The summed E-state index contributed by atoms with van der Waals surface area (Å²) in [5.41, 5.74) is 1.93. The Morgan fingerprint density at radius 3 is 2.86 bits per heavy atom. The van der Waals surface area contributed by atoms with Gasteiger partial charge in [-0.05, 0) is 24.5 Å². The number of aromatic nitrogens is 3. The first-order valence-corrected chi connectivity index (χ1v) is 4.46. The van der Waals surface area contributed by atoms with E-state index in [0.29, 0.717) is 0 Å². The number of pyridine rings is 1. The molecule has 0 aromatic carbocycles. The molecule has 0 aliphatic carbocycles. The molecule has 4 heteroatoms. The summed E-state index contributed by atoms with van der Waals surface area (Å²) in [4.78, 5) is 4.02. The summed E-state index contributed by atoms with van der Waals surface area (Å²) < 4.78 is 0. The Bertz CT molecular complexity index is 397. The van der Waals surface area contributed by atoms with Crippen LogP contribution in [0.25, 0.3) is 0 Å². The van der Waals surface area contributed by atoms with E-state index in [9.17, 15) is 5.11 Å². The van der Waals surface area contributed by atoms with E-state index in [1.54, 1.807) is 6.20 Å². The number of nitrogens with zero attached hydrogens (tertiary/aromatic N) is 2. The Morgan fingerprint density at radius 1 is 1.29 bits per heavy atom. The van der Waals surface area contributed by atoms with E-state index in [1.807, 2.05) is 18.3 Å². The van der Waals surface area contributed by atoms with Crippen LogP contribution >= 0.6 is 0 Å². The van der Waals surface area contributed by atoms with Gasteiger partial charge in [-0.25, -0.2) is 0 Å². The summed E-state index contributed by atoms with van der Waals surface area (Å²) in [6, 6.07) is 3.92. The van der Waals surface area contributed by atoms with Crippen molar-refractivity contribution in [1.82, 2.24) is 15.2 Å². The Balaban J connectivity index is 1.99. The predicted molar refractivity (Wildman–Crippen MR) is 51.9 cm³/mol. The molecule has 0 saturated carbocycles. The molecular weight excluding hydrogens is 178 g/mol. The quantitative estimate of drug-likeness (QED) is 0.764. The zero-order chi connectivity index (χ0) is 9.80. The average molecular weight is 189 g/mol. The van der Waals surface area contributed by atoms with Crippen molar-refractivity contribution in [2.45, 2.75) is 12.8 Å². The van der Waals surface area contributed by atoms with Crippen molar-refractivity contribution in [1.29, 1.82) is 0 Å². The van der Waals surface area contributed by atoms with Crippen molar-refractivity contribution in [2.75, 3.05) is 0 Å². The first kappa shape index (κ1) is 8.74. The molecule has 0 saturated heterocycles. The fourth-order valence-corrected chi connectivity index (χ4v) is 1.31. The van der Waals surface area contributed by atoms with Crippen molar-refractivity contribution in [2.24, 2.45) is 0 Å². The third-order valence-electron chi connectivity index (χ3n) is 2.08. The molecular formula is C10H11N3O. The maximum absolute atomic E-state index is 9.32. The van der Waals surface area contributed by atoms with Gasteiger partial charge in [0, 0.05) is 12.4 Å². The van der Waals surface area contributed by atoms with E-state index in [-0.39, 0.29) is 5.75 Å². The highest BCUT2D eigenvalue weighted by atomic mass is 16.3. The third-order valence-corrected chi connectivity index (χ3v) is 2.08. The summed E-state index contributed by atoms with van der Waals surface area (Å²) in [7, 11) is 0. The Kier molecular flexibility index (Phi) is 2.44. The van der Waals surface area contributed by atoms with Crippen LogP contribution in [0.3, 0.4) is 0 Å². The van der Waals surface area contributed by atoms with E-state index in [4.69, 9.17) is 0 Å². The van der Waals surface area contributed by atoms with Crippen LogP contribution in [0, 0.1) is 0 Å². The van der Waals surface area contributed by atoms with E-state index >= 15 is 0 Å². The highest BCUT2D eigenvalue weighted by molar-refractivity contribution is 5.23. The molecule has 4 nitrogen and oxygen atoms in total. The fourth-order valence-electron chi connectivity index (χ4n) is 1.31. The minimum atomic E-state index is 0.230. The zero-order valence-corrected chi connectivity index (χ0v) is 7.64. The van der Waals surface area contributed by atoms with Crippen molar-refractivity contribution < 1.29 is 5.11 Å². The Morgan fingerprint density at radius 2 is 2.21 bits per heavy atom. The summed E-state index contributed by atoms with van der Waals surface area (Å²) in [5.74, 6) is 0.230. The van der Waals surface area contributed by atoms with Gasteiger partial charge in [0.2, 0.25) is 0 Å². The SMILES string of the molecule is Oc1cn[nH]c1CCc1cccnc1. The molecule has 0 radical (unpaired) electrons. The monoisotopic (exact) mass is 189 g/mol. The maximum atomic E-state index is 9.32. The molecule has 2 heterocycles. The van der Waals surface area contributed by atoms with Gasteiger partial charge in [0.25, 0.3) is 0 Å². The van der Waals surface area contributed by atoms with Gasteiger partial charge in [0.05, 0.1) is 11.9 Å². The molecule has 72 valence electrons. The summed E-state index contributed by atoms with van der Waals surface area (Å²) in [6.45, 7) is 0. The molecule has 2 N–H and O–H groups in total. The van der Waals surface area contributed by atoms with Gasteiger partial charge in [-0.2, -0.15) is 5.10 Å². The highest BCUT2D eigenvalue weighted by Gasteiger charge is 2.02. The molecule has 2 aromatic heterocycles. The van der Waals surface area contributed by atoms with Crippen LogP contribution in [0.1, 0.15) is 11.3 Å². The van der Waals surface area contributed by atoms with Crippen LogP contribution in [0.4, 0.5) is 0 Å². The standard InChI is InChI=1S/C10H11N3O/c14-10-7-12-13-9(10)4-3-8-2-1-5-11-6-8/h1-2,5-7,14H,3-4H2,(H,12,13). The van der Waals surface area contributed by atoms with Gasteiger partial charge in [-0.1, -0.05) is 6.07 Å². The van der Waals surface area contributed by atoms with Crippen molar-refractivity contribution in [3.05, 3.63) is 42.0 Å². The lowest BCUT2D eigenvalue weighted by Crippen LogP contribution is -1.92. The number of aromatic amines is 1. The Hall–Kier alpha value is -1.84. The highest BCUT2D eigenvalue weighted by Crippen LogP contribution is 2.14. The van der Waals surface area contributed by atoms with E-state index in [1.165, 1.54) is 6.20 Å². The van der Waals surface area contributed by atoms with Crippen LogP contribution in [-0.4, -0.2) is 20.3 Å². The molecule has 0 aliphatic heterocycles. The molecule has 0 atom stereocenters. The summed E-state index contributed by atoms with van der Waals surface area (Å²) >= 11 is 0. The predicted octanol–water partition coefficient (Wildman–Crippen LogP) is 1.30. The van der Waals surface area contributed by atoms with Crippen LogP contribution in [0.5, 0.6) is 5.75 Å². The lowest BCUT2D eigenvalue weighted by molar-refractivity contribution is 0.468. The minimum absolute atomic E-state index is 0.230. The van der Waals surface area contributed by atoms with Gasteiger partial charge >= 0.3 is 0 Å². The average Bonchev–Trinajstić information content (AvgIpc) is 2.63. The normalized spacial score (nSPS) is 10.3. The number of hydrogen-bond acceptors (Lipinski definition) is 3. The smallest absolute Gasteiger partial charge is 0.156 e. The second-order valence-corrected chi connectivity index (χ2v) is 3.10. The first-order valence-electron chi connectivity index (χ1n) is 4.46. The van der Waals surface area contributed by atoms with Gasteiger partial charge in [0.15, 0.2) is 5.75 Å².